The smallest absolute Gasteiger partial charge is 0.274 e. The summed E-state index contributed by atoms with van der Waals surface area (Å²) in [5.74, 6) is -0.655. The predicted octanol–water partition coefficient (Wildman–Crippen LogP) is 1.70. The summed E-state index contributed by atoms with van der Waals surface area (Å²) in [5.41, 5.74) is 0.237. The van der Waals surface area contributed by atoms with Crippen LogP contribution in [0.4, 0.5) is 15.8 Å². The van der Waals surface area contributed by atoms with Crippen molar-refractivity contribution in [3.8, 4) is 0 Å². The Balaban J connectivity index is 2.10. The first-order valence-electron chi connectivity index (χ1n) is 6.43. The quantitative estimate of drug-likeness (QED) is 0.676. The van der Waals surface area contributed by atoms with Gasteiger partial charge in [0.05, 0.1) is 11.0 Å². The SMILES string of the molecule is CNC(=O)C1CCN(c2cc(F)cc([N+](=O)[O-])c2)CC1. The molecule has 0 atom stereocenters. The number of non-ortho nitro benzene ring substituents is 1. The number of hydrogen-bond donors (Lipinski definition) is 1. The molecule has 1 aromatic carbocycles. The first kappa shape index (κ1) is 14.2. The largest absolute Gasteiger partial charge is 0.371 e. The van der Waals surface area contributed by atoms with Gasteiger partial charge in [0.15, 0.2) is 0 Å². The van der Waals surface area contributed by atoms with Crippen LogP contribution in [0.15, 0.2) is 18.2 Å². The molecule has 1 heterocycles. The van der Waals surface area contributed by atoms with Gasteiger partial charge in [-0.25, -0.2) is 4.39 Å². The van der Waals surface area contributed by atoms with E-state index in [9.17, 15) is 19.3 Å². The van der Waals surface area contributed by atoms with Gasteiger partial charge in [-0.3, -0.25) is 14.9 Å². The standard InChI is InChI=1S/C13H16FN3O3/c1-15-13(18)9-2-4-16(5-3-9)11-6-10(14)7-12(8-11)17(19)20/h6-9H,2-5H2,1H3,(H,15,18). The van der Waals surface area contributed by atoms with Crippen LogP contribution in [-0.2, 0) is 4.79 Å². The third-order valence-electron chi connectivity index (χ3n) is 3.56. The Morgan fingerprint density at radius 1 is 1.40 bits per heavy atom. The van der Waals surface area contributed by atoms with Crippen molar-refractivity contribution < 1.29 is 14.1 Å². The van der Waals surface area contributed by atoms with Crippen molar-refractivity contribution in [2.75, 3.05) is 25.0 Å². The normalized spacial score (nSPS) is 16.0. The molecule has 2 rings (SSSR count). The van der Waals surface area contributed by atoms with E-state index in [-0.39, 0.29) is 17.5 Å². The van der Waals surface area contributed by atoms with Gasteiger partial charge in [-0.2, -0.15) is 0 Å². The molecule has 0 saturated carbocycles. The van der Waals surface area contributed by atoms with Gasteiger partial charge in [-0.05, 0) is 18.9 Å². The molecule has 1 aliphatic heterocycles. The number of rotatable bonds is 3. The van der Waals surface area contributed by atoms with Crippen molar-refractivity contribution in [2.45, 2.75) is 12.8 Å². The Bertz CT molecular complexity index is 528. The lowest BCUT2D eigenvalue weighted by atomic mass is 9.95. The second-order valence-corrected chi connectivity index (χ2v) is 4.80. The Morgan fingerprint density at radius 2 is 2.05 bits per heavy atom. The molecular weight excluding hydrogens is 265 g/mol. The van der Waals surface area contributed by atoms with Gasteiger partial charge in [-0.15, -0.1) is 0 Å². The molecule has 0 radical (unpaired) electrons. The number of nitro benzene ring substituents is 1. The van der Waals surface area contributed by atoms with Gasteiger partial charge in [-0.1, -0.05) is 0 Å². The molecule has 1 N–H and O–H groups in total. The zero-order chi connectivity index (χ0) is 14.7. The van der Waals surface area contributed by atoms with E-state index < -0.39 is 10.7 Å². The summed E-state index contributed by atoms with van der Waals surface area (Å²) in [7, 11) is 1.60. The highest BCUT2D eigenvalue weighted by molar-refractivity contribution is 5.78. The van der Waals surface area contributed by atoms with Crippen molar-refractivity contribution >= 4 is 17.3 Å². The topological polar surface area (TPSA) is 75.5 Å². The van der Waals surface area contributed by atoms with Crippen molar-refractivity contribution in [3.63, 3.8) is 0 Å². The van der Waals surface area contributed by atoms with Crippen molar-refractivity contribution in [1.82, 2.24) is 5.32 Å². The average molecular weight is 281 g/mol. The van der Waals surface area contributed by atoms with E-state index in [0.717, 1.165) is 6.07 Å². The summed E-state index contributed by atoms with van der Waals surface area (Å²) in [6.45, 7) is 1.16. The highest BCUT2D eigenvalue weighted by Crippen LogP contribution is 2.27. The molecule has 1 fully saturated rings. The fourth-order valence-electron chi connectivity index (χ4n) is 2.45. The maximum Gasteiger partial charge on any atom is 0.274 e. The molecule has 6 nitrogen and oxygen atoms in total. The van der Waals surface area contributed by atoms with Crippen LogP contribution in [-0.4, -0.2) is 31.0 Å². The van der Waals surface area contributed by atoms with E-state index in [0.29, 0.717) is 31.6 Å². The minimum absolute atomic E-state index is 0.00914. The van der Waals surface area contributed by atoms with E-state index in [1.54, 1.807) is 7.05 Å². The van der Waals surface area contributed by atoms with Gasteiger partial charge in [0.25, 0.3) is 5.69 Å². The maximum atomic E-state index is 13.4. The number of carbonyl (C=O) groups excluding carboxylic acids is 1. The van der Waals surface area contributed by atoms with Crippen LogP contribution in [0.3, 0.4) is 0 Å². The number of halogens is 1. The Morgan fingerprint density at radius 3 is 2.60 bits per heavy atom. The lowest BCUT2D eigenvalue weighted by Gasteiger charge is -2.32. The van der Waals surface area contributed by atoms with E-state index in [1.807, 2.05) is 4.90 Å². The lowest BCUT2D eigenvalue weighted by molar-refractivity contribution is -0.385. The molecule has 1 saturated heterocycles. The van der Waals surface area contributed by atoms with Gasteiger partial charge >= 0.3 is 0 Å². The number of anilines is 1. The molecule has 108 valence electrons. The number of piperidine rings is 1. The van der Waals surface area contributed by atoms with Crippen molar-refractivity contribution in [1.29, 1.82) is 0 Å². The summed E-state index contributed by atoms with van der Waals surface area (Å²) in [6, 6.07) is 3.55. The second-order valence-electron chi connectivity index (χ2n) is 4.80. The predicted molar refractivity (Wildman–Crippen MR) is 72.1 cm³/mol. The molecule has 20 heavy (non-hydrogen) atoms. The first-order valence-corrected chi connectivity index (χ1v) is 6.43. The van der Waals surface area contributed by atoms with E-state index >= 15 is 0 Å². The van der Waals surface area contributed by atoms with E-state index in [4.69, 9.17) is 0 Å². The fraction of sp³-hybridized carbons (Fsp3) is 0.462. The lowest BCUT2D eigenvalue weighted by Crippen LogP contribution is -2.39. The van der Waals surface area contributed by atoms with Crippen LogP contribution >= 0.6 is 0 Å². The molecule has 1 aliphatic rings. The maximum absolute atomic E-state index is 13.4. The van der Waals surface area contributed by atoms with Crippen LogP contribution in [0.1, 0.15) is 12.8 Å². The molecule has 0 aromatic heterocycles. The highest BCUT2D eigenvalue weighted by atomic mass is 19.1. The van der Waals surface area contributed by atoms with Crippen LogP contribution < -0.4 is 10.2 Å². The van der Waals surface area contributed by atoms with Gasteiger partial charge in [0, 0.05) is 37.8 Å². The van der Waals surface area contributed by atoms with E-state index in [2.05, 4.69) is 5.32 Å². The third-order valence-corrected chi connectivity index (χ3v) is 3.56. The molecule has 1 amide bonds. The molecule has 0 unspecified atom stereocenters. The van der Waals surface area contributed by atoms with E-state index in [1.165, 1.54) is 12.1 Å². The van der Waals surface area contributed by atoms with Gasteiger partial charge < -0.3 is 10.2 Å². The zero-order valence-corrected chi connectivity index (χ0v) is 11.1. The number of nitro groups is 1. The number of benzene rings is 1. The summed E-state index contributed by atoms with van der Waals surface area (Å²) < 4.78 is 13.4. The minimum atomic E-state index is -0.623. The summed E-state index contributed by atoms with van der Waals surface area (Å²) in [6.07, 6.45) is 1.31. The zero-order valence-electron chi connectivity index (χ0n) is 11.1. The molecule has 7 heteroatoms. The number of hydrogen-bond acceptors (Lipinski definition) is 4. The molecule has 0 spiro atoms. The van der Waals surface area contributed by atoms with Crippen LogP contribution in [0, 0.1) is 21.8 Å². The monoisotopic (exact) mass is 281 g/mol. The Hall–Kier alpha value is -2.18. The Kier molecular flexibility index (Phi) is 4.16. The van der Waals surface area contributed by atoms with Crippen molar-refractivity contribution in [2.24, 2.45) is 5.92 Å². The molecule has 1 aromatic rings. The second kappa shape index (κ2) is 5.85. The number of nitrogens with zero attached hydrogens (tertiary/aromatic N) is 2. The third kappa shape index (κ3) is 3.04. The summed E-state index contributed by atoms with van der Waals surface area (Å²) in [5, 5.41) is 13.4. The average Bonchev–Trinajstić information content (AvgIpc) is 2.46. The number of carbonyl (C=O) groups is 1. The first-order chi connectivity index (χ1) is 9.51. The number of amides is 1. The molecule has 0 bridgehead atoms. The summed E-state index contributed by atoms with van der Waals surface area (Å²) >= 11 is 0. The number of nitrogens with one attached hydrogen (secondary N) is 1. The molecule has 0 aliphatic carbocycles. The van der Waals surface area contributed by atoms with Gasteiger partial charge in [0.1, 0.15) is 5.82 Å². The Labute approximate surface area is 115 Å². The van der Waals surface area contributed by atoms with Crippen LogP contribution in [0.2, 0.25) is 0 Å². The van der Waals surface area contributed by atoms with Crippen molar-refractivity contribution in [3.05, 3.63) is 34.1 Å². The van der Waals surface area contributed by atoms with Crippen LogP contribution in [0.5, 0.6) is 0 Å². The van der Waals surface area contributed by atoms with Crippen LogP contribution in [0.25, 0.3) is 0 Å². The summed E-state index contributed by atoms with van der Waals surface area (Å²) in [4.78, 5) is 23.5. The van der Waals surface area contributed by atoms with Gasteiger partial charge in [0.2, 0.25) is 5.91 Å². The molecular formula is C13H16FN3O3. The fourth-order valence-corrected chi connectivity index (χ4v) is 2.45. The highest BCUT2D eigenvalue weighted by Gasteiger charge is 2.25. The minimum Gasteiger partial charge on any atom is -0.371 e.